The number of hydrogen-bond donors (Lipinski definition) is 1. The summed E-state index contributed by atoms with van der Waals surface area (Å²) in [6, 6.07) is 6.77. The fourth-order valence-electron chi connectivity index (χ4n) is 3.74. The number of nitrogens with two attached hydrogens (primary N) is 1. The van der Waals surface area contributed by atoms with Crippen molar-refractivity contribution in [1.82, 2.24) is 4.90 Å². The van der Waals surface area contributed by atoms with E-state index in [1.165, 1.54) is 6.07 Å². The zero-order valence-corrected chi connectivity index (χ0v) is 18.8. The van der Waals surface area contributed by atoms with E-state index in [-0.39, 0.29) is 5.82 Å². The molecule has 1 aromatic carbocycles. The van der Waals surface area contributed by atoms with Crippen LogP contribution in [0, 0.1) is 5.82 Å². The number of rotatable bonds is 7. The molecular weight excluding hydrogens is 403 g/mol. The third-order valence-corrected chi connectivity index (χ3v) is 5.45. The maximum atomic E-state index is 14.6. The highest BCUT2D eigenvalue weighted by atomic mass is 19.1. The van der Waals surface area contributed by atoms with Crippen molar-refractivity contribution in [3.63, 3.8) is 0 Å². The van der Waals surface area contributed by atoms with E-state index in [1.807, 2.05) is 49.4 Å². The van der Waals surface area contributed by atoms with E-state index >= 15 is 0 Å². The second kappa shape index (κ2) is 11.3. The molecule has 0 radical (unpaired) electrons. The number of allylic oxidation sites excluding steroid dienone is 9. The molecule has 0 atom stereocenters. The highest BCUT2D eigenvalue weighted by Crippen LogP contribution is 2.33. The standard InChI is InChI=1S/C27H31FN2O2/c1-4-6-9-20(5-2)26(29)19-27(30-12-14-32-15-13-30)22-16-21(17-23(18-22)31-3)24-10-7-8-11-25(24)28/h4-11,16-17,19H,2,12-15,18,29H2,1,3H3/b6-4-,20-9+,26-19-,27-22+. The van der Waals surface area contributed by atoms with E-state index in [2.05, 4.69) is 11.5 Å². The van der Waals surface area contributed by atoms with Gasteiger partial charge in [0.05, 0.1) is 20.3 Å². The van der Waals surface area contributed by atoms with Crippen LogP contribution in [0.2, 0.25) is 0 Å². The Morgan fingerprint density at radius 3 is 2.62 bits per heavy atom. The Kier molecular flexibility index (Phi) is 8.28. The van der Waals surface area contributed by atoms with Crippen molar-refractivity contribution in [3.8, 4) is 0 Å². The van der Waals surface area contributed by atoms with Crippen LogP contribution in [0.15, 0.2) is 102 Å². The average molecular weight is 435 g/mol. The molecular formula is C27H31FN2O2. The molecule has 2 aliphatic rings. The molecule has 168 valence electrons. The van der Waals surface area contributed by atoms with E-state index in [1.54, 1.807) is 25.3 Å². The minimum atomic E-state index is -0.266. The number of nitrogens with zero attached hydrogens (tertiary/aromatic N) is 1. The summed E-state index contributed by atoms with van der Waals surface area (Å²) in [7, 11) is 1.64. The minimum Gasteiger partial charge on any atom is -0.501 e. The third kappa shape index (κ3) is 5.68. The molecule has 4 nitrogen and oxygen atoms in total. The van der Waals surface area contributed by atoms with Crippen LogP contribution >= 0.6 is 0 Å². The number of morpholine rings is 1. The van der Waals surface area contributed by atoms with E-state index < -0.39 is 0 Å². The van der Waals surface area contributed by atoms with Crippen molar-refractivity contribution in [2.45, 2.75) is 13.3 Å². The van der Waals surface area contributed by atoms with Crippen LogP contribution in [-0.2, 0) is 9.47 Å². The van der Waals surface area contributed by atoms with Crippen molar-refractivity contribution < 1.29 is 13.9 Å². The predicted octanol–water partition coefficient (Wildman–Crippen LogP) is 5.26. The molecule has 1 fully saturated rings. The molecule has 1 aromatic rings. The molecule has 1 aliphatic heterocycles. The lowest BCUT2D eigenvalue weighted by Gasteiger charge is -2.32. The summed E-state index contributed by atoms with van der Waals surface area (Å²) in [6.07, 6.45) is 14.0. The molecule has 1 aliphatic carbocycles. The quantitative estimate of drug-likeness (QED) is 0.595. The Hall–Kier alpha value is -3.31. The Balaban J connectivity index is 2.16. The van der Waals surface area contributed by atoms with Gasteiger partial charge in [0.25, 0.3) is 0 Å². The summed E-state index contributed by atoms with van der Waals surface area (Å²) in [5, 5.41) is 0. The van der Waals surface area contributed by atoms with Crippen LogP contribution in [0.4, 0.5) is 4.39 Å². The summed E-state index contributed by atoms with van der Waals surface area (Å²) in [4.78, 5) is 2.26. The lowest BCUT2D eigenvalue weighted by atomic mass is 9.92. The molecule has 2 N–H and O–H groups in total. The van der Waals surface area contributed by atoms with Crippen LogP contribution < -0.4 is 5.73 Å². The number of hydrogen-bond acceptors (Lipinski definition) is 4. The van der Waals surface area contributed by atoms with Crippen molar-refractivity contribution >= 4 is 5.57 Å². The summed E-state index contributed by atoms with van der Waals surface area (Å²) >= 11 is 0. The lowest BCUT2D eigenvalue weighted by molar-refractivity contribution is 0.0549. The summed E-state index contributed by atoms with van der Waals surface area (Å²) in [5.41, 5.74) is 11.2. The first kappa shape index (κ1) is 23.4. The Morgan fingerprint density at radius 1 is 1.22 bits per heavy atom. The lowest BCUT2D eigenvalue weighted by Crippen LogP contribution is -2.36. The number of ether oxygens (including phenoxy) is 2. The number of benzene rings is 1. The van der Waals surface area contributed by atoms with Gasteiger partial charge in [-0.2, -0.15) is 0 Å². The van der Waals surface area contributed by atoms with Crippen molar-refractivity contribution in [2.24, 2.45) is 5.73 Å². The van der Waals surface area contributed by atoms with Gasteiger partial charge in [-0.3, -0.25) is 0 Å². The van der Waals surface area contributed by atoms with E-state index in [0.717, 1.165) is 41.3 Å². The van der Waals surface area contributed by atoms with Crippen molar-refractivity contribution in [2.75, 3.05) is 33.4 Å². The molecule has 32 heavy (non-hydrogen) atoms. The van der Waals surface area contributed by atoms with Gasteiger partial charge in [-0.1, -0.05) is 49.1 Å². The molecule has 3 rings (SSSR count). The van der Waals surface area contributed by atoms with Crippen LogP contribution in [0.3, 0.4) is 0 Å². The maximum absolute atomic E-state index is 14.6. The number of halogens is 1. The second-order valence-corrected chi connectivity index (χ2v) is 7.53. The third-order valence-electron chi connectivity index (χ3n) is 5.45. The zero-order chi connectivity index (χ0) is 22.9. The molecule has 5 heteroatoms. The largest absolute Gasteiger partial charge is 0.501 e. The molecule has 1 saturated heterocycles. The fraction of sp³-hybridized carbons (Fsp3) is 0.259. The highest BCUT2D eigenvalue weighted by Gasteiger charge is 2.21. The smallest absolute Gasteiger partial charge is 0.131 e. The van der Waals surface area contributed by atoms with Crippen molar-refractivity contribution in [1.29, 1.82) is 0 Å². The molecule has 0 bridgehead atoms. The predicted molar refractivity (Wildman–Crippen MR) is 129 cm³/mol. The molecule has 0 spiro atoms. The van der Waals surface area contributed by atoms with Crippen LogP contribution in [-0.4, -0.2) is 38.3 Å². The van der Waals surface area contributed by atoms with Gasteiger partial charge in [0.15, 0.2) is 0 Å². The summed E-state index contributed by atoms with van der Waals surface area (Å²) < 4.78 is 25.7. The molecule has 0 unspecified atom stereocenters. The van der Waals surface area contributed by atoms with Crippen molar-refractivity contribution in [3.05, 3.63) is 113 Å². The van der Waals surface area contributed by atoms with Crippen LogP contribution in [0.25, 0.3) is 5.57 Å². The normalized spacial score (nSPS) is 19.5. The zero-order valence-electron chi connectivity index (χ0n) is 18.8. The van der Waals surface area contributed by atoms with Gasteiger partial charge in [0.2, 0.25) is 0 Å². The summed E-state index contributed by atoms with van der Waals surface area (Å²) in [6.45, 7) is 8.64. The topological polar surface area (TPSA) is 47.7 Å². The van der Waals surface area contributed by atoms with Crippen LogP contribution in [0.5, 0.6) is 0 Å². The molecule has 0 aromatic heterocycles. The minimum absolute atomic E-state index is 0.266. The average Bonchev–Trinajstić information content (AvgIpc) is 2.83. The Labute approximate surface area is 190 Å². The van der Waals surface area contributed by atoms with Gasteiger partial charge in [0, 0.05) is 36.5 Å². The van der Waals surface area contributed by atoms with Gasteiger partial charge in [-0.15, -0.1) is 0 Å². The Morgan fingerprint density at radius 2 is 1.97 bits per heavy atom. The highest BCUT2D eigenvalue weighted by molar-refractivity contribution is 5.79. The van der Waals surface area contributed by atoms with E-state index in [9.17, 15) is 4.39 Å². The fourth-order valence-corrected chi connectivity index (χ4v) is 3.74. The van der Waals surface area contributed by atoms with Gasteiger partial charge in [-0.25, -0.2) is 4.39 Å². The molecule has 0 amide bonds. The first-order valence-corrected chi connectivity index (χ1v) is 10.8. The van der Waals surface area contributed by atoms with E-state index in [0.29, 0.717) is 30.9 Å². The van der Waals surface area contributed by atoms with E-state index in [4.69, 9.17) is 15.2 Å². The van der Waals surface area contributed by atoms with Gasteiger partial charge in [0.1, 0.15) is 11.6 Å². The maximum Gasteiger partial charge on any atom is 0.131 e. The number of methoxy groups -OCH3 is 1. The second-order valence-electron chi connectivity index (χ2n) is 7.53. The first-order chi connectivity index (χ1) is 15.6. The van der Waals surface area contributed by atoms with Gasteiger partial charge < -0.3 is 20.1 Å². The molecule has 0 saturated carbocycles. The van der Waals surface area contributed by atoms with Gasteiger partial charge >= 0.3 is 0 Å². The van der Waals surface area contributed by atoms with Gasteiger partial charge in [-0.05, 0) is 47.9 Å². The SMILES string of the molecule is C=CC(=C\C=C/C)/C(N)=C/C(=C1/C=C(c2ccccc2F)C=C(OC)C1)N1CCOCC1. The van der Waals surface area contributed by atoms with Crippen LogP contribution in [0.1, 0.15) is 18.9 Å². The Bertz CT molecular complexity index is 1020. The monoisotopic (exact) mass is 434 g/mol. The summed E-state index contributed by atoms with van der Waals surface area (Å²) in [5.74, 6) is 0.504. The molecule has 1 heterocycles. The first-order valence-electron chi connectivity index (χ1n) is 10.8.